The van der Waals surface area contributed by atoms with Crippen LogP contribution in [0.15, 0.2) is 4.42 Å². The Bertz CT molecular complexity index is 406. The van der Waals surface area contributed by atoms with Gasteiger partial charge in [0.25, 0.3) is 0 Å². The van der Waals surface area contributed by atoms with Crippen LogP contribution in [0.3, 0.4) is 0 Å². The van der Waals surface area contributed by atoms with Gasteiger partial charge in [0.15, 0.2) is 0 Å². The Hall–Kier alpha value is -1.14. The predicted octanol–water partition coefficient (Wildman–Crippen LogP) is 1.99. The third kappa shape index (κ3) is 3.70. The second-order valence-electron chi connectivity index (χ2n) is 5.47. The molecule has 6 nitrogen and oxygen atoms in total. The minimum Gasteiger partial charge on any atom is -0.406 e. The van der Waals surface area contributed by atoms with Crippen molar-refractivity contribution in [1.29, 1.82) is 0 Å². The maximum Gasteiger partial charge on any atom is 0.318 e. The highest BCUT2D eigenvalue weighted by Crippen LogP contribution is 2.36. The van der Waals surface area contributed by atoms with Crippen molar-refractivity contribution in [1.82, 2.24) is 15.5 Å². The van der Waals surface area contributed by atoms with E-state index in [1.807, 2.05) is 6.92 Å². The summed E-state index contributed by atoms with van der Waals surface area (Å²) in [6.07, 6.45) is 2.58. The molecule has 114 valence electrons. The molecule has 2 unspecified atom stereocenters. The van der Waals surface area contributed by atoms with E-state index < -0.39 is 0 Å². The highest BCUT2D eigenvalue weighted by atomic mass is 16.5. The zero-order valence-electron chi connectivity index (χ0n) is 12.9. The van der Waals surface area contributed by atoms with Crippen molar-refractivity contribution in [3.63, 3.8) is 0 Å². The maximum absolute atomic E-state index is 5.84. The number of methoxy groups -OCH3 is 1. The number of anilines is 1. The Labute approximate surface area is 120 Å². The molecule has 1 saturated carbocycles. The lowest BCUT2D eigenvalue weighted by molar-refractivity contribution is 0.201. The van der Waals surface area contributed by atoms with Crippen LogP contribution in [0.4, 0.5) is 6.01 Å². The van der Waals surface area contributed by atoms with E-state index in [0.29, 0.717) is 24.6 Å². The summed E-state index contributed by atoms with van der Waals surface area (Å²) in [6.45, 7) is 8.65. The topological polar surface area (TPSA) is 63.4 Å². The molecule has 0 aromatic carbocycles. The molecule has 0 bridgehead atoms. The average molecular weight is 282 g/mol. The molecule has 6 heteroatoms. The fourth-order valence-electron chi connectivity index (χ4n) is 2.41. The first kappa shape index (κ1) is 15.3. The number of ether oxygens (including phenoxy) is 1. The smallest absolute Gasteiger partial charge is 0.318 e. The molecular weight excluding hydrogens is 256 g/mol. The zero-order valence-corrected chi connectivity index (χ0v) is 12.9. The molecule has 0 spiro atoms. The van der Waals surface area contributed by atoms with Crippen molar-refractivity contribution < 1.29 is 9.15 Å². The van der Waals surface area contributed by atoms with Crippen molar-refractivity contribution in [2.45, 2.75) is 45.7 Å². The first-order valence-electron chi connectivity index (χ1n) is 7.49. The highest BCUT2D eigenvalue weighted by Gasteiger charge is 2.34. The Morgan fingerprint density at radius 3 is 2.75 bits per heavy atom. The van der Waals surface area contributed by atoms with E-state index in [1.165, 1.54) is 12.8 Å². The van der Waals surface area contributed by atoms with E-state index in [2.05, 4.69) is 34.3 Å². The van der Waals surface area contributed by atoms with Crippen LogP contribution in [-0.2, 0) is 4.74 Å². The molecule has 20 heavy (non-hydrogen) atoms. The Morgan fingerprint density at radius 2 is 2.15 bits per heavy atom. The van der Waals surface area contributed by atoms with Crippen LogP contribution in [0, 0.1) is 5.92 Å². The van der Waals surface area contributed by atoms with E-state index >= 15 is 0 Å². The number of hydrogen-bond acceptors (Lipinski definition) is 6. The SMILES string of the molecule is CCNC(C)c1nnc(N(CCOC)C(C)C2CC2)o1. The monoisotopic (exact) mass is 282 g/mol. The first-order chi connectivity index (χ1) is 9.67. The van der Waals surface area contributed by atoms with Crippen LogP contribution in [0.25, 0.3) is 0 Å². The molecular formula is C14H26N4O2. The molecule has 1 aromatic rings. The van der Waals surface area contributed by atoms with E-state index in [9.17, 15) is 0 Å². The quantitative estimate of drug-likeness (QED) is 0.747. The number of nitrogens with one attached hydrogen (secondary N) is 1. The van der Waals surface area contributed by atoms with Crippen LogP contribution in [0.2, 0.25) is 0 Å². The van der Waals surface area contributed by atoms with Gasteiger partial charge in [-0.1, -0.05) is 12.0 Å². The molecule has 1 N–H and O–H groups in total. The molecule has 2 atom stereocenters. The van der Waals surface area contributed by atoms with Crippen molar-refractivity contribution in [3.8, 4) is 0 Å². The molecule has 1 heterocycles. The largest absolute Gasteiger partial charge is 0.406 e. The van der Waals surface area contributed by atoms with Gasteiger partial charge >= 0.3 is 6.01 Å². The highest BCUT2D eigenvalue weighted by molar-refractivity contribution is 5.27. The summed E-state index contributed by atoms with van der Waals surface area (Å²) in [5, 5.41) is 11.7. The Morgan fingerprint density at radius 1 is 1.40 bits per heavy atom. The Kier molecular flexibility index (Phi) is 5.37. The van der Waals surface area contributed by atoms with Gasteiger partial charge < -0.3 is 19.4 Å². The summed E-state index contributed by atoms with van der Waals surface area (Å²) in [5.74, 6) is 1.39. The zero-order chi connectivity index (χ0) is 14.5. The van der Waals surface area contributed by atoms with E-state index in [1.54, 1.807) is 7.11 Å². The molecule has 1 fully saturated rings. The van der Waals surface area contributed by atoms with E-state index in [-0.39, 0.29) is 6.04 Å². The van der Waals surface area contributed by atoms with Gasteiger partial charge in [-0.2, -0.15) is 0 Å². The summed E-state index contributed by atoms with van der Waals surface area (Å²) < 4.78 is 11.0. The average Bonchev–Trinajstić information content (AvgIpc) is 3.18. The number of nitrogens with zero attached hydrogens (tertiary/aromatic N) is 3. The second kappa shape index (κ2) is 7.04. The second-order valence-corrected chi connectivity index (χ2v) is 5.47. The maximum atomic E-state index is 5.84. The van der Waals surface area contributed by atoms with Crippen LogP contribution in [0.1, 0.15) is 45.5 Å². The Balaban J connectivity index is 2.07. The van der Waals surface area contributed by atoms with Crippen LogP contribution >= 0.6 is 0 Å². The number of hydrogen-bond donors (Lipinski definition) is 1. The minimum atomic E-state index is 0.0850. The van der Waals surface area contributed by atoms with Crippen LogP contribution in [0.5, 0.6) is 0 Å². The summed E-state index contributed by atoms with van der Waals surface area (Å²) in [5.41, 5.74) is 0. The van der Waals surface area contributed by atoms with Gasteiger partial charge in [0, 0.05) is 19.7 Å². The molecule has 0 saturated heterocycles. The lowest BCUT2D eigenvalue weighted by Gasteiger charge is -2.27. The predicted molar refractivity (Wildman–Crippen MR) is 77.8 cm³/mol. The fourth-order valence-corrected chi connectivity index (χ4v) is 2.41. The number of rotatable bonds is 9. The van der Waals surface area contributed by atoms with Crippen LogP contribution < -0.4 is 10.2 Å². The van der Waals surface area contributed by atoms with Gasteiger partial charge in [0.05, 0.1) is 12.6 Å². The summed E-state index contributed by atoms with van der Waals surface area (Å²) >= 11 is 0. The number of aromatic nitrogens is 2. The van der Waals surface area contributed by atoms with Crippen molar-refractivity contribution in [2.75, 3.05) is 31.7 Å². The van der Waals surface area contributed by atoms with Gasteiger partial charge in [-0.15, -0.1) is 5.10 Å². The van der Waals surface area contributed by atoms with E-state index in [0.717, 1.165) is 19.0 Å². The summed E-state index contributed by atoms with van der Waals surface area (Å²) in [4.78, 5) is 2.18. The van der Waals surface area contributed by atoms with Crippen LogP contribution in [-0.4, -0.2) is 43.0 Å². The third-order valence-electron chi connectivity index (χ3n) is 3.89. The van der Waals surface area contributed by atoms with Crippen molar-refractivity contribution in [2.24, 2.45) is 5.92 Å². The van der Waals surface area contributed by atoms with Gasteiger partial charge in [-0.05, 0) is 39.2 Å². The van der Waals surface area contributed by atoms with Crippen molar-refractivity contribution in [3.05, 3.63) is 5.89 Å². The van der Waals surface area contributed by atoms with Gasteiger partial charge in [0.2, 0.25) is 5.89 Å². The fraction of sp³-hybridized carbons (Fsp3) is 0.857. The molecule has 2 rings (SSSR count). The molecule has 0 amide bonds. The minimum absolute atomic E-state index is 0.0850. The van der Waals surface area contributed by atoms with Crippen molar-refractivity contribution >= 4 is 6.01 Å². The normalized spacial score (nSPS) is 18.0. The van der Waals surface area contributed by atoms with Gasteiger partial charge in [-0.25, -0.2) is 0 Å². The van der Waals surface area contributed by atoms with E-state index in [4.69, 9.17) is 9.15 Å². The summed E-state index contributed by atoms with van der Waals surface area (Å²) in [7, 11) is 1.71. The molecule has 0 aliphatic heterocycles. The van der Waals surface area contributed by atoms with Gasteiger partial charge in [0.1, 0.15) is 0 Å². The van der Waals surface area contributed by atoms with Gasteiger partial charge in [-0.3, -0.25) is 0 Å². The molecule has 1 aliphatic carbocycles. The molecule has 0 radical (unpaired) electrons. The standard InChI is InChI=1S/C14H26N4O2/c1-5-15-10(2)13-16-17-14(20-13)18(8-9-19-4)11(3)12-6-7-12/h10-12,15H,5-9H2,1-4H3. The first-order valence-corrected chi connectivity index (χ1v) is 7.49. The molecule has 1 aliphatic rings. The third-order valence-corrected chi connectivity index (χ3v) is 3.89. The molecule has 1 aromatic heterocycles. The summed E-state index contributed by atoms with van der Waals surface area (Å²) in [6, 6.07) is 1.12. The lowest BCUT2D eigenvalue weighted by Crippen LogP contribution is -2.37. The lowest BCUT2D eigenvalue weighted by atomic mass is 10.2.